The van der Waals surface area contributed by atoms with Gasteiger partial charge >= 0.3 is 12.1 Å². The number of carboxylic acids is 1. The first-order chi connectivity index (χ1) is 15.5. The fourth-order valence-corrected chi connectivity index (χ4v) is 4.77. The van der Waals surface area contributed by atoms with Gasteiger partial charge in [-0.25, -0.2) is 8.78 Å². The predicted octanol–water partition coefficient (Wildman–Crippen LogP) is 7.40. The number of rotatable bonds is 8. The van der Waals surface area contributed by atoms with Crippen LogP contribution in [0.4, 0.5) is 22.0 Å². The van der Waals surface area contributed by atoms with Gasteiger partial charge in [-0.05, 0) is 60.1 Å². The van der Waals surface area contributed by atoms with Gasteiger partial charge in [-0.3, -0.25) is 4.79 Å². The molecule has 0 saturated carbocycles. The van der Waals surface area contributed by atoms with Crippen molar-refractivity contribution in [3.63, 3.8) is 0 Å². The van der Waals surface area contributed by atoms with E-state index in [1.165, 1.54) is 5.57 Å². The summed E-state index contributed by atoms with van der Waals surface area (Å²) in [5.74, 6) is -3.71. The number of hydrogen-bond acceptors (Lipinski definition) is 3. The maximum absolute atomic E-state index is 14.4. The molecule has 2 aromatic rings. The summed E-state index contributed by atoms with van der Waals surface area (Å²) in [7, 11) is 0. The highest BCUT2D eigenvalue weighted by molar-refractivity contribution is 7.12. The van der Waals surface area contributed by atoms with E-state index in [0.717, 1.165) is 30.2 Å². The lowest BCUT2D eigenvalue weighted by Crippen LogP contribution is -2.06. The minimum absolute atomic E-state index is 0.0624. The fraction of sp³-hybridized carbons (Fsp3) is 0.375. The molecule has 0 spiro atoms. The van der Waals surface area contributed by atoms with Crippen molar-refractivity contribution in [2.24, 2.45) is 5.92 Å². The van der Waals surface area contributed by atoms with E-state index in [2.05, 4.69) is 0 Å². The highest BCUT2D eigenvalue weighted by Gasteiger charge is 2.35. The van der Waals surface area contributed by atoms with E-state index in [-0.39, 0.29) is 29.2 Å². The summed E-state index contributed by atoms with van der Waals surface area (Å²) >= 11 is 0.492. The molecule has 0 radical (unpaired) electrons. The van der Waals surface area contributed by atoms with Crippen LogP contribution < -0.4 is 4.74 Å². The molecule has 33 heavy (non-hydrogen) atoms. The van der Waals surface area contributed by atoms with Gasteiger partial charge in [0.25, 0.3) is 0 Å². The summed E-state index contributed by atoms with van der Waals surface area (Å²) < 4.78 is 74.3. The lowest BCUT2D eigenvalue weighted by Gasteiger charge is -2.21. The van der Waals surface area contributed by atoms with Gasteiger partial charge in [0.1, 0.15) is 11.5 Å². The lowest BCUT2D eigenvalue weighted by atomic mass is 9.84. The van der Waals surface area contributed by atoms with E-state index >= 15 is 0 Å². The number of alkyl halides is 3. The first kappa shape index (κ1) is 25.0. The number of benzene rings is 1. The van der Waals surface area contributed by atoms with Gasteiger partial charge in [0, 0.05) is 6.42 Å². The number of aliphatic carboxylic acids is 1. The molecular formula is C24H23F5O3S. The Hall–Kier alpha value is -2.68. The molecule has 1 N–H and O–H groups in total. The van der Waals surface area contributed by atoms with Crippen LogP contribution in [-0.2, 0) is 24.0 Å². The molecule has 9 heteroatoms. The number of aryl methyl sites for hydroxylation is 1. The Morgan fingerprint density at radius 1 is 1.18 bits per heavy atom. The number of carbonyl (C=O) groups is 1. The Balaban J connectivity index is 1.88. The Bertz CT molecular complexity index is 1070. The number of ether oxygens (including phenoxy) is 1. The Kier molecular flexibility index (Phi) is 7.62. The summed E-state index contributed by atoms with van der Waals surface area (Å²) in [5.41, 5.74) is 2.44. The lowest BCUT2D eigenvalue weighted by molar-refractivity contribution is -0.137. The standard InChI is InChI=1S/C24H23F5O3S/c1-3-15-5-6-16(8-13(15)2)17-11-21(24(27,28)29)33-20(17)12-32-23-18(25)9-14(10-19(23)26)4-7-22(30)31/h5-6,9-11,13H,3-4,7-8,12H2,1-2H3,(H,30,31). The van der Waals surface area contributed by atoms with Crippen LogP contribution in [0.25, 0.3) is 5.57 Å². The SMILES string of the molecule is CCC1=CC=C(c2cc(C(F)(F)F)sc2COc2c(F)cc(CCC(=O)O)cc2F)CC1C. The van der Waals surface area contributed by atoms with Crippen molar-refractivity contribution >= 4 is 22.9 Å². The Morgan fingerprint density at radius 2 is 1.85 bits per heavy atom. The van der Waals surface area contributed by atoms with Gasteiger partial charge in [-0.15, -0.1) is 11.3 Å². The predicted molar refractivity (Wildman–Crippen MR) is 116 cm³/mol. The first-order valence-electron chi connectivity index (χ1n) is 10.4. The summed E-state index contributed by atoms with van der Waals surface area (Å²) in [6, 6.07) is 3.01. The largest absolute Gasteiger partial charge is 0.482 e. The smallest absolute Gasteiger partial charge is 0.425 e. The number of allylic oxidation sites excluding steroid dienone is 4. The molecule has 178 valence electrons. The van der Waals surface area contributed by atoms with E-state index in [4.69, 9.17) is 9.84 Å². The second-order valence-corrected chi connectivity index (χ2v) is 9.05. The molecule has 0 aliphatic heterocycles. The Morgan fingerprint density at radius 3 is 2.39 bits per heavy atom. The number of thiophene rings is 1. The fourth-order valence-electron chi connectivity index (χ4n) is 3.80. The van der Waals surface area contributed by atoms with E-state index in [9.17, 15) is 26.7 Å². The van der Waals surface area contributed by atoms with Gasteiger partial charge in [0.15, 0.2) is 17.4 Å². The number of halogens is 5. The van der Waals surface area contributed by atoms with E-state index < -0.39 is 41.0 Å². The van der Waals surface area contributed by atoms with Crippen molar-refractivity contribution < 1.29 is 36.6 Å². The average molecular weight is 487 g/mol. The highest BCUT2D eigenvalue weighted by atomic mass is 32.1. The third-order valence-corrected chi connectivity index (χ3v) is 6.69. The van der Waals surface area contributed by atoms with Crippen LogP contribution in [0.2, 0.25) is 0 Å². The summed E-state index contributed by atoms with van der Waals surface area (Å²) in [6.07, 6.45) is 0.205. The van der Waals surface area contributed by atoms with Crippen LogP contribution in [0.15, 0.2) is 35.9 Å². The van der Waals surface area contributed by atoms with Gasteiger partial charge in [-0.1, -0.05) is 31.6 Å². The molecule has 1 aromatic carbocycles. The van der Waals surface area contributed by atoms with Crippen LogP contribution >= 0.6 is 11.3 Å². The Labute approximate surface area is 192 Å². The van der Waals surface area contributed by atoms with Crippen molar-refractivity contribution in [3.05, 3.63) is 68.4 Å². The van der Waals surface area contributed by atoms with E-state index in [0.29, 0.717) is 23.3 Å². The number of carboxylic acid groups (broad SMARTS) is 1. The second-order valence-electron chi connectivity index (χ2n) is 7.91. The second kappa shape index (κ2) is 10.1. The van der Waals surface area contributed by atoms with E-state index in [1.807, 2.05) is 19.9 Å². The van der Waals surface area contributed by atoms with Crippen LogP contribution in [0, 0.1) is 17.6 Å². The van der Waals surface area contributed by atoms with Gasteiger partial charge in [0.05, 0.1) is 4.88 Å². The molecule has 1 aliphatic carbocycles. The third-order valence-electron chi connectivity index (χ3n) is 5.53. The minimum Gasteiger partial charge on any atom is -0.482 e. The molecule has 3 nitrogen and oxygen atoms in total. The van der Waals surface area contributed by atoms with E-state index in [1.54, 1.807) is 6.08 Å². The zero-order chi connectivity index (χ0) is 24.3. The van der Waals surface area contributed by atoms with Crippen molar-refractivity contribution in [1.82, 2.24) is 0 Å². The maximum Gasteiger partial charge on any atom is 0.425 e. The molecule has 3 rings (SSSR count). The topological polar surface area (TPSA) is 46.5 Å². The van der Waals surface area contributed by atoms with Crippen molar-refractivity contribution in [3.8, 4) is 5.75 Å². The van der Waals surface area contributed by atoms with Crippen molar-refractivity contribution in [2.75, 3.05) is 0 Å². The molecule has 0 amide bonds. The normalized spacial score (nSPS) is 16.4. The van der Waals surface area contributed by atoms with Crippen LogP contribution in [0.3, 0.4) is 0 Å². The molecule has 0 saturated heterocycles. The molecule has 0 bridgehead atoms. The van der Waals surface area contributed by atoms with Crippen molar-refractivity contribution in [1.29, 1.82) is 0 Å². The molecular weight excluding hydrogens is 463 g/mol. The van der Waals surface area contributed by atoms with Crippen LogP contribution in [0.5, 0.6) is 5.75 Å². The van der Waals surface area contributed by atoms with Crippen LogP contribution in [-0.4, -0.2) is 11.1 Å². The number of hydrogen-bond donors (Lipinski definition) is 1. The monoisotopic (exact) mass is 486 g/mol. The minimum atomic E-state index is -4.55. The zero-order valence-electron chi connectivity index (χ0n) is 18.1. The first-order valence-corrected chi connectivity index (χ1v) is 11.2. The van der Waals surface area contributed by atoms with Gasteiger partial charge in [-0.2, -0.15) is 13.2 Å². The molecule has 1 atom stereocenters. The summed E-state index contributed by atoms with van der Waals surface area (Å²) in [6.45, 7) is 3.59. The van der Waals surface area contributed by atoms with Gasteiger partial charge in [0.2, 0.25) is 0 Å². The third kappa shape index (κ3) is 6.01. The van der Waals surface area contributed by atoms with Crippen molar-refractivity contribution in [2.45, 2.75) is 52.3 Å². The summed E-state index contributed by atoms with van der Waals surface area (Å²) in [4.78, 5) is 10.1. The molecule has 1 heterocycles. The van der Waals surface area contributed by atoms with Crippen LogP contribution in [0.1, 0.15) is 54.0 Å². The molecule has 1 aromatic heterocycles. The van der Waals surface area contributed by atoms with Gasteiger partial charge < -0.3 is 9.84 Å². The quantitative estimate of drug-likeness (QED) is 0.396. The highest BCUT2D eigenvalue weighted by Crippen LogP contribution is 2.42. The summed E-state index contributed by atoms with van der Waals surface area (Å²) in [5, 5.41) is 8.72. The molecule has 1 unspecified atom stereocenters. The average Bonchev–Trinajstić information content (AvgIpc) is 3.16. The molecule has 0 fully saturated rings. The maximum atomic E-state index is 14.4. The molecule has 1 aliphatic rings. The zero-order valence-corrected chi connectivity index (χ0v) is 18.9.